The van der Waals surface area contributed by atoms with Crippen LogP contribution in [-0.2, 0) is 4.79 Å². The molecule has 0 radical (unpaired) electrons. The van der Waals surface area contributed by atoms with Crippen LogP contribution in [0.4, 0.5) is 0 Å². The minimum absolute atomic E-state index is 0.300. The Morgan fingerprint density at radius 1 is 1.38 bits per heavy atom. The summed E-state index contributed by atoms with van der Waals surface area (Å²) in [6.07, 6.45) is 5.33. The van der Waals surface area contributed by atoms with E-state index >= 15 is 0 Å². The predicted molar refractivity (Wildman–Crippen MR) is 55.8 cm³/mol. The third-order valence-corrected chi connectivity index (χ3v) is 3.64. The zero-order valence-electron chi connectivity index (χ0n) is 7.79. The predicted octanol–water partition coefficient (Wildman–Crippen LogP) is 1.67. The molecule has 3 heteroatoms. The highest BCUT2D eigenvalue weighted by molar-refractivity contribution is 7.99. The van der Waals surface area contributed by atoms with Crippen molar-refractivity contribution in [2.75, 3.05) is 24.6 Å². The average molecular weight is 197 g/mol. The monoisotopic (exact) mass is 197 g/mol. The molecule has 0 N–H and O–H groups in total. The zero-order valence-corrected chi connectivity index (χ0v) is 8.61. The molecule has 0 unspecified atom stereocenters. The van der Waals surface area contributed by atoms with Gasteiger partial charge in [0.15, 0.2) is 0 Å². The molecule has 2 rings (SSSR count). The van der Waals surface area contributed by atoms with Crippen LogP contribution in [0.1, 0.15) is 19.3 Å². The van der Waals surface area contributed by atoms with Gasteiger partial charge in [-0.25, -0.2) is 0 Å². The fourth-order valence-corrected chi connectivity index (χ4v) is 2.52. The van der Waals surface area contributed by atoms with E-state index in [4.69, 9.17) is 0 Å². The maximum absolute atomic E-state index is 11.8. The van der Waals surface area contributed by atoms with Crippen molar-refractivity contribution < 1.29 is 4.79 Å². The van der Waals surface area contributed by atoms with Crippen LogP contribution in [0.25, 0.3) is 0 Å². The number of carbonyl (C=O) groups excluding carboxylic acids is 1. The lowest BCUT2D eigenvalue weighted by atomic mass is 9.98. The van der Waals surface area contributed by atoms with Crippen LogP contribution in [-0.4, -0.2) is 35.4 Å². The van der Waals surface area contributed by atoms with Crippen molar-refractivity contribution >= 4 is 17.7 Å². The first kappa shape index (κ1) is 9.13. The van der Waals surface area contributed by atoms with Crippen molar-refractivity contribution in [3.63, 3.8) is 0 Å². The van der Waals surface area contributed by atoms with E-state index in [1.807, 2.05) is 16.7 Å². The summed E-state index contributed by atoms with van der Waals surface area (Å²) >= 11 is 1.96. The molecule has 0 spiro atoms. The van der Waals surface area contributed by atoms with Gasteiger partial charge in [0.25, 0.3) is 0 Å². The highest BCUT2D eigenvalue weighted by Crippen LogP contribution is 2.21. The highest BCUT2D eigenvalue weighted by atomic mass is 32.2. The van der Waals surface area contributed by atoms with Gasteiger partial charge in [-0.05, 0) is 25.0 Å². The second-order valence-corrected chi connectivity index (χ2v) is 4.75. The number of allylic oxidation sites excluding steroid dienone is 1. The normalized spacial score (nSPS) is 23.1. The van der Waals surface area contributed by atoms with Gasteiger partial charge >= 0.3 is 0 Å². The molecule has 0 aromatic rings. The molecule has 1 fully saturated rings. The lowest BCUT2D eigenvalue weighted by molar-refractivity contribution is -0.127. The Balaban J connectivity index is 1.93. The van der Waals surface area contributed by atoms with E-state index in [1.54, 1.807) is 0 Å². The number of carbonyl (C=O) groups is 1. The van der Waals surface area contributed by atoms with Crippen LogP contribution < -0.4 is 0 Å². The summed E-state index contributed by atoms with van der Waals surface area (Å²) in [5.41, 5.74) is 1.05. The quantitative estimate of drug-likeness (QED) is 0.637. The Labute approximate surface area is 83.4 Å². The van der Waals surface area contributed by atoms with Gasteiger partial charge in [0.2, 0.25) is 5.91 Å². The van der Waals surface area contributed by atoms with Crippen molar-refractivity contribution in [3.05, 3.63) is 11.6 Å². The van der Waals surface area contributed by atoms with Crippen LogP contribution in [0.5, 0.6) is 0 Å². The molecule has 0 bridgehead atoms. The van der Waals surface area contributed by atoms with Crippen LogP contribution in [0.2, 0.25) is 0 Å². The number of nitrogens with zero attached hydrogens (tertiary/aromatic N) is 1. The van der Waals surface area contributed by atoms with Gasteiger partial charge in [0, 0.05) is 24.4 Å². The Bertz CT molecular complexity index is 229. The second-order valence-electron chi connectivity index (χ2n) is 3.53. The molecule has 2 aliphatic rings. The number of hydrogen-bond acceptors (Lipinski definition) is 2. The maximum Gasteiger partial charge on any atom is 0.249 e. The van der Waals surface area contributed by atoms with E-state index in [0.29, 0.717) is 5.91 Å². The maximum atomic E-state index is 11.8. The van der Waals surface area contributed by atoms with Crippen molar-refractivity contribution in [1.82, 2.24) is 4.90 Å². The lowest BCUT2D eigenvalue weighted by Gasteiger charge is -2.24. The molecular formula is C10H15NOS. The summed E-state index contributed by atoms with van der Waals surface area (Å²) in [5.74, 6) is 2.62. The van der Waals surface area contributed by atoms with Crippen LogP contribution in [0, 0.1) is 0 Å². The number of hydrogen-bond donors (Lipinski definition) is 0. The minimum atomic E-state index is 0.300. The molecule has 1 aliphatic heterocycles. The van der Waals surface area contributed by atoms with E-state index in [-0.39, 0.29) is 0 Å². The number of thioether (sulfide) groups is 1. The van der Waals surface area contributed by atoms with Crippen molar-refractivity contribution in [1.29, 1.82) is 0 Å². The van der Waals surface area contributed by atoms with Gasteiger partial charge in [-0.15, -0.1) is 0 Å². The Kier molecular flexibility index (Phi) is 2.94. The van der Waals surface area contributed by atoms with Gasteiger partial charge in [0.05, 0.1) is 0 Å². The standard InChI is InChI=1S/C10H15NOS/c12-10(9-3-1-4-9)11-5-2-7-13-8-6-11/h3H,1-2,4-8H2. The van der Waals surface area contributed by atoms with Crippen molar-refractivity contribution in [2.24, 2.45) is 0 Å². The Morgan fingerprint density at radius 3 is 2.92 bits per heavy atom. The van der Waals surface area contributed by atoms with Gasteiger partial charge in [-0.3, -0.25) is 4.79 Å². The Morgan fingerprint density at radius 2 is 2.23 bits per heavy atom. The molecule has 13 heavy (non-hydrogen) atoms. The molecule has 0 atom stereocenters. The zero-order chi connectivity index (χ0) is 9.10. The van der Waals surface area contributed by atoms with E-state index in [2.05, 4.69) is 6.08 Å². The SMILES string of the molecule is O=C(C1=CCC1)N1CCCSCC1. The van der Waals surface area contributed by atoms with E-state index in [0.717, 1.165) is 43.7 Å². The van der Waals surface area contributed by atoms with E-state index < -0.39 is 0 Å². The molecule has 1 heterocycles. The molecule has 2 nitrogen and oxygen atoms in total. The largest absolute Gasteiger partial charge is 0.338 e. The molecule has 0 aromatic heterocycles. The van der Waals surface area contributed by atoms with Crippen molar-refractivity contribution in [2.45, 2.75) is 19.3 Å². The summed E-state index contributed by atoms with van der Waals surface area (Å²) in [7, 11) is 0. The summed E-state index contributed by atoms with van der Waals surface area (Å²) in [4.78, 5) is 13.8. The summed E-state index contributed by atoms with van der Waals surface area (Å²) < 4.78 is 0. The lowest BCUT2D eigenvalue weighted by Crippen LogP contribution is -2.35. The smallest absolute Gasteiger partial charge is 0.249 e. The van der Waals surface area contributed by atoms with E-state index in [9.17, 15) is 4.79 Å². The number of amides is 1. The number of rotatable bonds is 1. The average Bonchev–Trinajstić information content (AvgIpc) is 2.27. The molecule has 1 aliphatic carbocycles. The summed E-state index contributed by atoms with van der Waals surface area (Å²) in [5, 5.41) is 0. The molecule has 72 valence electrons. The van der Waals surface area contributed by atoms with Crippen LogP contribution in [0.3, 0.4) is 0 Å². The Hall–Kier alpha value is -0.440. The van der Waals surface area contributed by atoms with Crippen LogP contribution in [0.15, 0.2) is 11.6 Å². The van der Waals surface area contributed by atoms with Crippen molar-refractivity contribution in [3.8, 4) is 0 Å². The molecule has 0 saturated carbocycles. The molecule has 1 amide bonds. The van der Waals surface area contributed by atoms with Gasteiger partial charge < -0.3 is 4.90 Å². The first-order chi connectivity index (χ1) is 6.38. The highest BCUT2D eigenvalue weighted by Gasteiger charge is 2.21. The van der Waals surface area contributed by atoms with Gasteiger partial charge in [0.1, 0.15) is 0 Å². The summed E-state index contributed by atoms with van der Waals surface area (Å²) in [6.45, 7) is 1.91. The second kappa shape index (κ2) is 4.18. The first-order valence-corrected chi connectivity index (χ1v) is 6.09. The van der Waals surface area contributed by atoms with E-state index in [1.165, 1.54) is 5.75 Å². The third kappa shape index (κ3) is 2.08. The first-order valence-electron chi connectivity index (χ1n) is 4.94. The topological polar surface area (TPSA) is 20.3 Å². The minimum Gasteiger partial charge on any atom is -0.338 e. The molecular weight excluding hydrogens is 182 g/mol. The van der Waals surface area contributed by atoms with Gasteiger partial charge in [-0.1, -0.05) is 6.08 Å². The fourth-order valence-electron chi connectivity index (χ4n) is 1.64. The molecule has 1 saturated heterocycles. The summed E-state index contributed by atoms with van der Waals surface area (Å²) in [6, 6.07) is 0. The van der Waals surface area contributed by atoms with Gasteiger partial charge in [-0.2, -0.15) is 11.8 Å². The van der Waals surface area contributed by atoms with Crippen LogP contribution >= 0.6 is 11.8 Å². The third-order valence-electron chi connectivity index (χ3n) is 2.59. The fraction of sp³-hybridized carbons (Fsp3) is 0.700. The molecule has 0 aromatic carbocycles.